The molecular weight excluding hydrogens is 444 g/mol. The first kappa shape index (κ1) is 24.1. The van der Waals surface area contributed by atoms with Crippen LogP contribution in [0.4, 0.5) is 10.5 Å². The van der Waals surface area contributed by atoms with Gasteiger partial charge in [0.2, 0.25) is 0 Å². The first-order valence-electron chi connectivity index (χ1n) is 10.6. The van der Waals surface area contributed by atoms with Gasteiger partial charge in [-0.3, -0.25) is 0 Å². The Bertz CT molecular complexity index is 1070. The third-order valence-corrected chi connectivity index (χ3v) is 5.28. The lowest BCUT2D eigenvalue weighted by Crippen LogP contribution is -2.35. The van der Waals surface area contributed by atoms with Gasteiger partial charge < -0.3 is 24.3 Å². The Hall–Kier alpha value is -3.52. The molecule has 0 atom stereocenters. The quantitative estimate of drug-likeness (QED) is 0.428. The smallest absolute Gasteiger partial charge is 0.339 e. The molecule has 2 aromatic carbocycles. The molecule has 0 aliphatic carbocycles. The summed E-state index contributed by atoms with van der Waals surface area (Å²) in [7, 11) is 1.28. The number of nitrogens with one attached hydrogen (secondary N) is 1. The minimum Gasteiger partial charge on any atom is -0.494 e. The number of rotatable bonds is 10. The van der Waals surface area contributed by atoms with Gasteiger partial charge in [-0.1, -0.05) is 29.8 Å². The lowest BCUT2D eigenvalue weighted by atomic mass is 10.2. The summed E-state index contributed by atoms with van der Waals surface area (Å²) in [5, 5.41) is 3.12. The molecule has 0 aliphatic heterocycles. The monoisotopic (exact) mass is 470 g/mol. The highest BCUT2D eigenvalue weighted by atomic mass is 35.5. The number of carbonyl (C=O) groups is 2. The van der Waals surface area contributed by atoms with Gasteiger partial charge >= 0.3 is 12.0 Å². The van der Waals surface area contributed by atoms with Crippen LogP contribution in [0.1, 0.15) is 29.3 Å². The number of methoxy groups -OCH3 is 1. The van der Waals surface area contributed by atoms with Crippen LogP contribution in [-0.4, -0.2) is 46.7 Å². The van der Waals surface area contributed by atoms with Gasteiger partial charge in [-0.15, -0.1) is 0 Å². The second-order valence-corrected chi connectivity index (χ2v) is 7.64. The Morgan fingerprint density at radius 3 is 2.76 bits per heavy atom. The van der Waals surface area contributed by atoms with Crippen molar-refractivity contribution in [3.8, 4) is 5.75 Å². The molecule has 0 radical (unpaired) electrons. The van der Waals surface area contributed by atoms with E-state index in [1.165, 1.54) is 13.2 Å². The lowest BCUT2D eigenvalue weighted by molar-refractivity contribution is 0.0601. The molecule has 0 spiro atoms. The number of ether oxygens (including phenoxy) is 2. The normalized spacial score (nSPS) is 10.5. The molecule has 3 rings (SSSR count). The van der Waals surface area contributed by atoms with E-state index in [1.54, 1.807) is 29.6 Å². The lowest BCUT2D eigenvalue weighted by Gasteiger charge is -2.24. The zero-order valence-electron chi connectivity index (χ0n) is 18.7. The topological polar surface area (TPSA) is 85.7 Å². The van der Waals surface area contributed by atoms with Crippen LogP contribution in [0, 0.1) is 0 Å². The number of anilines is 1. The number of imidazole rings is 1. The number of aromatic nitrogens is 2. The van der Waals surface area contributed by atoms with Crippen LogP contribution in [-0.2, 0) is 17.8 Å². The molecule has 0 bridgehead atoms. The van der Waals surface area contributed by atoms with Crippen molar-refractivity contribution in [2.24, 2.45) is 0 Å². The van der Waals surface area contributed by atoms with Crippen LogP contribution in [0.5, 0.6) is 5.75 Å². The van der Waals surface area contributed by atoms with E-state index in [2.05, 4.69) is 10.3 Å². The van der Waals surface area contributed by atoms with Gasteiger partial charge in [0, 0.05) is 36.7 Å². The fourth-order valence-electron chi connectivity index (χ4n) is 3.32. The van der Waals surface area contributed by atoms with E-state index in [1.807, 2.05) is 42.0 Å². The second kappa shape index (κ2) is 11.9. The SMILES string of the molecule is CCOc1ccccc1CN(CCCn1ccnc1)C(=O)Nc1ccc(Cl)c(C(=O)OC)c1. The molecule has 174 valence electrons. The highest BCUT2D eigenvalue weighted by Gasteiger charge is 2.18. The molecule has 0 saturated heterocycles. The fraction of sp³-hybridized carbons (Fsp3) is 0.292. The molecule has 33 heavy (non-hydrogen) atoms. The van der Waals surface area contributed by atoms with Gasteiger partial charge in [0.05, 0.1) is 37.2 Å². The van der Waals surface area contributed by atoms with Crippen LogP contribution < -0.4 is 10.1 Å². The Kier molecular flexibility index (Phi) is 8.71. The number of para-hydroxylation sites is 1. The van der Waals surface area contributed by atoms with E-state index >= 15 is 0 Å². The summed E-state index contributed by atoms with van der Waals surface area (Å²) in [6.45, 7) is 4.05. The van der Waals surface area contributed by atoms with Gasteiger partial charge in [-0.25, -0.2) is 14.6 Å². The van der Waals surface area contributed by atoms with Crippen molar-refractivity contribution in [3.63, 3.8) is 0 Å². The van der Waals surface area contributed by atoms with E-state index in [-0.39, 0.29) is 16.6 Å². The van der Waals surface area contributed by atoms with Crippen LogP contribution in [0.2, 0.25) is 5.02 Å². The van der Waals surface area contributed by atoms with Crippen LogP contribution in [0.25, 0.3) is 0 Å². The summed E-state index contributed by atoms with van der Waals surface area (Å²) in [5.74, 6) is 0.172. The second-order valence-electron chi connectivity index (χ2n) is 7.23. The van der Waals surface area contributed by atoms with Gasteiger partial charge in [0.25, 0.3) is 0 Å². The molecule has 0 fully saturated rings. The van der Waals surface area contributed by atoms with Crippen molar-refractivity contribution in [2.75, 3.05) is 25.6 Å². The van der Waals surface area contributed by atoms with Crippen molar-refractivity contribution >= 4 is 29.3 Å². The van der Waals surface area contributed by atoms with Gasteiger partial charge in [-0.2, -0.15) is 0 Å². The van der Waals surface area contributed by atoms with E-state index in [9.17, 15) is 9.59 Å². The molecule has 0 aliphatic rings. The average molecular weight is 471 g/mol. The highest BCUT2D eigenvalue weighted by molar-refractivity contribution is 6.33. The summed E-state index contributed by atoms with van der Waals surface area (Å²) in [6.07, 6.45) is 6.09. The van der Waals surface area contributed by atoms with E-state index in [4.69, 9.17) is 21.1 Å². The number of amides is 2. The average Bonchev–Trinajstić information content (AvgIpc) is 3.34. The molecule has 8 nitrogen and oxygen atoms in total. The number of hydrogen-bond acceptors (Lipinski definition) is 5. The molecular formula is C24H27ClN4O4. The highest BCUT2D eigenvalue weighted by Crippen LogP contribution is 2.23. The number of halogens is 1. The largest absolute Gasteiger partial charge is 0.494 e. The maximum absolute atomic E-state index is 13.2. The number of carbonyl (C=O) groups excluding carboxylic acids is 2. The summed E-state index contributed by atoms with van der Waals surface area (Å²) in [5.41, 5.74) is 1.54. The van der Waals surface area contributed by atoms with Crippen LogP contribution in [0.15, 0.2) is 61.2 Å². The van der Waals surface area contributed by atoms with Gasteiger partial charge in [-0.05, 0) is 37.6 Å². The molecule has 3 aromatic rings. The molecule has 0 unspecified atom stereocenters. The Morgan fingerprint density at radius 2 is 2.03 bits per heavy atom. The predicted octanol–water partition coefficient (Wildman–Crippen LogP) is 4.85. The Balaban J connectivity index is 1.77. The van der Waals surface area contributed by atoms with Gasteiger partial charge in [0.15, 0.2) is 0 Å². The summed E-state index contributed by atoms with van der Waals surface area (Å²) < 4.78 is 12.5. The molecule has 0 saturated carbocycles. The number of nitrogens with zero attached hydrogens (tertiary/aromatic N) is 3. The summed E-state index contributed by atoms with van der Waals surface area (Å²) in [6, 6.07) is 12.1. The molecule has 1 aromatic heterocycles. The van der Waals surface area contributed by atoms with Crippen molar-refractivity contribution < 1.29 is 19.1 Å². The molecule has 2 amide bonds. The number of hydrogen-bond donors (Lipinski definition) is 1. The fourth-order valence-corrected chi connectivity index (χ4v) is 3.52. The van der Waals surface area contributed by atoms with Crippen molar-refractivity contribution in [1.82, 2.24) is 14.5 Å². The number of benzene rings is 2. The van der Waals surface area contributed by atoms with Crippen molar-refractivity contribution in [1.29, 1.82) is 0 Å². The number of esters is 1. The van der Waals surface area contributed by atoms with Gasteiger partial charge in [0.1, 0.15) is 5.75 Å². The minimum absolute atomic E-state index is 0.185. The van der Waals surface area contributed by atoms with E-state index < -0.39 is 5.97 Å². The third kappa shape index (κ3) is 6.73. The standard InChI is InChI=1S/C24H27ClN4O4/c1-3-33-22-8-5-4-7-18(22)16-29(13-6-12-28-14-11-26-17-28)24(31)27-19-9-10-21(25)20(15-19)23(30)32-2/h4-5,7-11,14-15,17H,3,6,12-13,16H2,1-2H3,(H,27,31). The number of aryl methyl sites for hydroxylation is 1. The Labute approximate surface area is 198 Å². The Morgan fingerprint density at radius 1 is 1.21 bits per heavy atom. The molecule has 9 heteroatoms. The van der Waals surface area contributed by atoms with E-state index in [0.29, 0.717) is 25.4 Å². The van der Waals surface area contributed by atoms with Crippen LogP contribution in [0.3, 0.4) is 0 Å². The van der Waals surface area contributed by atoms with E-state index in [0.717, 1.165) is 24.3 Å². The predicted molar refractivity (Wildman–Crippen MR) is 127 cm³/mol. The van der Waals surface area contributed by atoms with Crippen molar-refractivity contribution in [2.45, 2.75) is 26.4 Å². The molecule has 1 N–H and O–H groups in total. The number of urea groups is 1. The first-order valence-corrected chi connectivity index (χ1v) is 11.0. The maximum atomic E-state index is 13.2. The summed E-state index contributed by atoms with van der Waals surface area (Å²) >= 11 is 6.10. The van der Waals surface area contributed by atoms with Crippen LogP contribution >= 0.6 is 11.6 Å². The molecule has 1 heterocycles. The minimum atomic E-state index is -0.570. The van der Waals surface area contributed by atoms with Crippen molar-refractivity contribution in [3.05, 3.63) is 77.3 Å². The summed E-state index contributed by atoms with van der Waals surface area (Å²) in [4.78, 5) is 30.9. The maximum Gasteiger partial charge on any atom is 0.339 e. The zero-order valence-corrected chi connectivity index (χ0v) is 19.4. The zero-order chi connectivity index (χ0) is 23.6. The first-order chi connectivity index (χ1) is 16.0. The third-order valence-electron chi connectivity index (χ3n) is 4.95.